The van der Waals surface area contributed by atoms with Crippen molar-refractivity contribution < 1.29 is 33.9 Å². The average molecular weight is 696 g/mol. The molecule has 42 heavy (non-hydrogen) atoms. The number of hydrogen-bond acceptors (Lipinski definition) is 7. The summed E-state index contributed by atoms with van der Waals surface area (Å²) >= 11 is 7.10. The highest BCUT2D eigenvalue weighted by molar-refractivity contribution is 9.11. The second-order valence-corrected chi connectivity index (χ2v) is 11.6. The van der Waals surface area contributed by atoms with Gasteiger partial charge in [0.25, 0.3) is 0 Å². The molecule has 2 aliphatic heterocycles. The Balaban J connectivity index is 1.62. The predicted molar refractivity (Wildman–Crippen MR) is 166 cm³/mol. The zero-order valence-electron chi connectivity index (χ0n) is 23.0. The molecular formula is C33H28Br2O7. The molecule has 0 aromatic heterocycles. The minimum atomic E-state index is -0.591. The number of rotatable bonds is 6. The van der Waals surface area contributed by atoms with Crippen LogP contribution in [0.3, 0.4) is 0 Å². The maximum atomic E-state index is 10.8. The molecule has 0 fully saturated rings. The molecule has 2 aliphatic rings. The highest BCUT2D eigenvalue weighted by Gasteiger charge is 2.52. The summed E-state index contributed by atoms with van der Waals surface area (Å²) in [5.74, 6) is 1.96. The van der Waals surface area contributed by atoms with Crippen LogP contribution >= 0.6 is 31.9 Å². The van der Waals surface area contributed by atoms with Crippen LogP contribution in [0.2, 0.25) is 0 Å². The SMILES string of the molecule is COc1ccc(/C=C/[C@@H]2c3c(OC)cc(O)c(Br)c3O[C@H]3c4c(OC)cc(O)c(Br)c4O[C@H](c4ccccc4)[C@@H]23)cc1. The van der Waals surface area contributed by atoms with Gasteiger partial charge in [0.05, 0.1) is 32.8 Å². The molecular weight excluding hydrogens is 668 g/mol. The number of aromatic hydroxyl groups is 2. The minimum absolute atomic E-state index is 0.00678. The Bertz CT molecular complexity index is 1650. The van der Waals surface area contributed by atoms with Crippen LogP contribution in [-0.4, -0.2) is 31.5 Å². The molecule has 0 radical (unpaired) electrons. The summed E-state index contributed by atoms with van der Waals surface area (Å²) in [5, 5.41) is 21.5. The Morgan fingerprint density at radius 3 is 1.88 bits per heavy atom. The number of phenolic OH excluding ortho intramolecular Hbond substituents is 2. The lowest BCUT2D eigenvalue weighted by molar-refractivity contribution is -0.0117. The van der Waals surface area contributed by atoms with Crippen molar-refractivity contribution in [2.24, 2.45) is 5.92 Å². The highest BCUT2D eigenvalue weighted by Crippen LogP contribution is 2.64. The monoisotopic (exact) mass is 694 g/mol. The molecule has 4 atom stereocenters. The second-order valence-electron chi connectivity index (χ2n) is 10.0. The molecule has 0 aliphatic carbocycles. The molecule has 4 aromatic carbocycles. The fourth-order valence-corrected chi connectivity index (χ4v) is 6.70. The van der Waals surface area contributed by atoms with Crippen LogP contribution < -0.4 is 23.7 Å². The van der Waals surface area contributed by atoms with Crippen LogP contribution in [0.4, 0.5) is 0 Å². The van der Waals surface area contributed by atoms with Gasteiger partial charge < -0.3 is 33.9 Å². The maximum Gasteiger partial charge on any atom is 0.148 e. The summed E-state index contributed by atoms with van der Waals surface area (Å²) in [6.07, 6.45) is 3.10. The lowest BCUT2D eigenvalue weighted by Crippen LogP contribution is -2.39. The second kappa shape index (κ2) is 11.5. The molecule has 0 spiro atoms. The van der Waals surface area contributed by atoms with E-state index in [1.807, 2.05) is 54.6 Å². The fraction of sp³-hybridized carbons (Fsp3) is 0.212. The molecule has 9 heteroatoms. The van der Waals surface area contributed by atoms with Gasteiger partial charge in [0.1, 0.15) is 61.4 Å². The van der Waals surface area contributed by atoms with Crippen molar-refractivity contribution in [1.29, 1.82) is 0 Å². The van der Waals surface area contributed by atoms with Gasteiger partial charge in [0.15, 0.2) is 0 Å². The zero-order valence-corrected chi connectivity index (χ0v) is 26.2. The average Bonchev–Trinajstić information content (AvgIpc) is 3.02. The van der Waals surface area contributed by atoms with Gasteiger partial charge >= 0.3 is 0 Å². The van der Waals surface area contributed by atoms with Crippen LogP contribution in [0.25, 0.3) is 6.08 Å². The Kier molecular flexibility index (Phi) is 7.72. The first-order valence-corrected chi connectivity index (χ1v) is 14.8. The third-order valence-corrected chi connectivity index (χ3v) is 9.34. The summed E-state index contributed by atoms with van der Waals surface area (Å²) < 4.78 is 31.3. The number of allylic oxidation sites excluding steroid dienone is 1. The third kappa shape index (κ3) is 4.74. The fourth-order valence-electron chi connectivity index (χ4n) is 5.85. The lowest BCUT2D eigenvalue weighted by atomic mass is 9.71. The van der Waals surface area contributed by atoms with Crippen LogP contribution in [0, 0.1) is 5.92 Å². The van der Waals surface area contributed by atoms with E-state index in [1.165, 1.54) is 0 Å². The van der Waals surface area contributed by atoms with Crippen molar-refractivity contribution in [3.8, 4) is 40.2 Å². The first-order valence-electron chi connectivity index (χ1n) is 13.3. The molecule has 6 rings (SSSR count). The minimum Gasteiger partial charge on any atom is -0.506 e. The number of methoxy groups -OCH3 is 3. The molecule has 4 aromatic rings. The Morgan fingerprint density at radius 1 is 0.714 bits per heavy atom. The number of fused-ring (bicyclic) bond motifs is 4. The first-order chi connectivity index (χ1) is 20.4. The van der Waals surface area contributed by atoms with Crippen LogP contribution in [-0.2, 0) is 0 Å². The van der Waals surface area contributed by atoms with E-state index < -0.39 is 12.2 Å². The van der Waals surface area contributed by atoms with Gasteiger partial charge in [-0.05, 0) is 55.1 Å². The molecule has 2 N–H and O–H groups in total. The summed E-state index contributed by atoms with van der Waals surface area (Å²) in [4.78, 5) is 0. The molecule has 0 amide bonds. The van der Waals surface area contributed by atoms with Gasteiger partial charge in [-0.3, -0.25) is 0 Å². The predicted octanol–water partition coefficient (Wildman–Crippen LogP) is 8.33. The van der Waals surface area contributed by atoms with Crippen molar-refractivity contribution in [1.82, 2.24) is 0 Å². The number of hydrogen-bond donors (Lipinski definition) is 2. The Morgan fingerprint density at radius 2 is 1.29 bits per heavy atom. The van der Waals surface area contributed by atoms with Gasteiger partial charge in [-0.15, -0.1) is 0 Å². The summed E-state index contributed by atoms with van der Waals surface area (Å²) in [5.41, 5.74) is 3.36. The van der Waals surface area contributed by atoms with Crippen LogP contribution in [0.15, 0.2) is 81.8 Å². The quantitative estimate of drug-likeness (QED) is 0.210. The van der Waals surface area contributed by atoms with E-state index in [4.69, 9.17) is 23.7 Å². The topological polar surface area (TPSA) is 86.6 Å². The molecule has 0 unspecified atom stereocenters. The summed E-state index contributed by atoms with van der Waals surface area (Å²) in [6.45, 7) is 0. The summed E-state index contributed by atoms with van der Waals surface area (Å²) in [7, 11) is 4.76. The molecule has 216 valence electrons. The van der Waals surface area contributed by atoms with Gasteiger partial charge in [0, 0.05) is 23.6 Å². The van der Waals surface area contributed by atoms with Crippen LogP contribution in [0.1, 0.15) is 40.4 Å². The number of benzene rings is 4. The standard InChI is InChI=1S/C33H28Br2O7/c1-38-19-12-9-17(10-13-19)11-14-20-25-23(39-2)15-21(36)28(34)32(25)42-31-26(20)30(18-7-5-4-6-8-18)41-33-27(31)24(40-3)16-22(37)29(33)35/h4-16,20,26,30-31,36-37H,1-3H3/b14-11+/t20-,26-,30-,31-/m1/s1. The van der Waals surface area contributed by atoms with E-state index in [9.17, 15) is 10.2 Å². The molecule has 0 saturated heterocycles. The number of phenols is 2. The van der Waals surface area contributed by atoms with Crippen molar-refractivity contribution >= 4 is 37.9 Å². The highest BCUT2D eigenvalue weighted by atomic mass is 79.9. The van der Waals surface area contributed by atoms with Crippen molar-refractivity contribution in [3.63, 3.8) is 0 Å². The molecule has 0 bridgehead atoms. The first kappa shape index (κ1) is 28.3. The summed E-state index contributed by atoms with van der Waals surface area (Å²) in [6, 6.07) is 20.9. The maximum absolute atomic E-state index is 10.8. The smallest absolute Gasteiger partial charge is 0.148 e. The molecule has 2 heterocycles. The van der Waals surface area contributed by atoms with E-state index in [2.05, 4.69) is 44.0 Å². The van der Waals surface area contributed by atoms with E-state index in [0.29, 0.717) is 37.5 Å². The van der Waals surface area contributed by atoms with Gasteiger partial charge in [-0.1, -0.05) is 54.6 Å². The van der Waals surface area contributed by atoms with Crippen molar-refractivity contribution in [2.45, 2.75) is 18.1 Å². The van der Waals surface area contributed by atoms with E-state index >= 15 is 0 Å². The molecule has 7 nitrogen and oxygen atoms in total. The lowest BCUT2D eigenvalue weighted by Gasteiger charge is -2.47. The third-order valence-electron chi connectivity index (χ3n) is 7.81. The normalized spacial score (nSPS) is 20.5. The van der Waals surface area contributed by atoms with Crippen LogP contribution in [0.5, 0.6) is 40.2 Å². The zero-order chi connectivity index (χ0) is 29.5. The van der Waals surface area contributed by atoms with E-state index in [0.717, 1.165) is 22.4 Å². The Labute approximate surface area is 260 Å². The number of halogens is 2. The van der Waals surface area contributed by atoms with E-state index in [-0.39, 0.29) is 23.3 Å². The van der Waals surface area contributed by atoms with E-state index in [1.54, 1.807) is 33.5 Å². The van der Waals surface area contributed by atoms with Gasteiger partial charge in [-0.25, -0.2) is 0 Å². The van der Waals surface area contributed by atoms with Gasteiger partial charge in [-0.2, -0.15) is 0 Å². The molecule has 0 saturated carbocycles. The van der Waals surface area contributed by atoms with Crippen molar-refractivity contribution in [3.05, 3.63) is 104 Å². The van der Waals surface area contributed by atoms with Crippen molar-refractivity contribution in [2.75, 3.05) is 21.3 Å². The number of ether oxygens (including phenoxy) is 5. The largest absolute Gasteiger partial charge is 0.506 e. The Hall–Kier alpha value is -3.82. The van der Waals surface area contributed by atoms with Gasteiger partial charge in [0.2, 0.25) is 0 Å².